The van der Waals surface area contributed by atoms with Crippen LogP contribution in [-0.4, -0.2) is 34.8 Å². The summed E-state index contributed by atoms with van der Waals surface area (Å²) in [6.07, 6.45) is 3.32. The molecule has 0 aromatic rings. The van der Waals surface area contributed by atoms with E-state index in [1.54, 1.807) is 0 Å². The molecular formula is C16H28N2O2. The second kappa shape index (κ2) is 5.74. The molecule has 1 saturated heterocycles. The summed E-state index contributed by atoms with van der Waals surface area (Å²) in [6, 6.07) is -0.468. The van der Waals surface area contributed by atoms with Crippen LogP contribution in [0.3, 0.4) is 0 Å². The summed E-state index contributed by atoms with van der Waals surface area (Å²) in [7, 11) is 0. The summed E-state index contributed by atoms with van der Waals surface area (Å²) in [6.45, 7) is 10.3. The van der Waals surface area contributed by atoms with E-state index in [-0.39, 0.29) is 35.9 Å². The van der Waals surface area contributed by atoms with E-state index in [1.807, 2.05) is 25.7 Å². The topological polar surface area (TPSA) is 49.4 Å². The fourth-order valence-corrected chi connectivity index (χ4v) is 3.78. The zero-order chi connectivity index (χ0) is 15.0. The zero-order valence-electron chi connectivity index (χ0n) is 13.3. The van der Waals surface area contributed by atoms with Crippen molar-refractivity contribution in [1.29, 1.82) is 0 Å². The van der Waals surface area contributed by atoms with Crippen LogP contribution in [0.15, 0.2) is 0 Å². The van der Waals surface area contributed by atoms with Crippen molar-refractivity contribution in [1.82, 2.24) is 10.2 Å². The first-order chi connectivity index (χ1) is 9.32. The maximum absolute atomic E-state index is 12.8. The van der Waals surface area contributed by atoms with Gasteiger partial charge in [0.25, 0.3) is 0 Å². The van der Waals surface area contributed by atoms with Crippen molar-refractivity contribution in [3.05, 3.63) is 0 Å². The fraction of sp³-hybridized carbons (Fsp3) is 0.875. The maximum Gasteiger partial charge on any atom is 0.246 e. The van der Waals surface area contributed by atoms with Crippen LogP contribution in [0.4, 0.5) is 0 Å². The Morgan fingerprint density at radius 2 is 1.80 bits per heavy atom. The second-order valence-electron chi connectivity index (χ2n) is 7.11. The van der Waals surface area contributed by atoms with Gasteiger partial charge in [-0.15, -0.1) is 0 Å². The summed E-state index contributed by atoms with van der Waals surface area (Å²) in [5.74, 6) is 1.45. The van der Waals surface area contributed by atoms with E-state index in [0.29, 0.717) is 5.92 Å². The number of nitrogens with one attached hydrogen (secondary N) is 1. The van der Waals surface area contributed by atoms with Gasteiger partial charge in [0.15, 0.2) is 0 Å². The average molecular weight is 280 g/mol. The van der Waals surface area contributed by atoms with Gasteiger partial charge in [-0.2, -0.15) is 0 Å². The third kappa shape index (κ3) is 2.70. The van der Waals surface area contributed by atoms with E-state index in [1.165, 1.54) is 0 Å². The number of carbonyl (C=O) groups excluding carboxylic acids is 2. The minimum absolute atomic E-state index is 0.00544. The van der Waals surface area contributed by atoms with E-state index in [4.69, 9.17) is 0 Å². The lowest BCUT2D eigenvalue weighted by Crippen LogP contribution is -2.67. The highest BCUT2D eigenvalue weighted by Gasteiger charge is 2.44. The van der Waals surface area contributed by atoms with Gasteiger partial charge in [0, 0.05) is 6.04 Å². The third-order valence-corrected chi connectivity index (χ3v) is 5.03. The predicted molar refractivity (Wildman–Crippen MR) is 79.0 cm³/mol. The van der Waals surface area contributed by atoms with Gasteiger partial charge < -0.3 is 10.2 Å². The van der Waals surface area contributed by atoms with Crippen LogP contribution in [0.2, 0.25) is 0 Å². The van der Waals surface area contributed by atoms with Gasteiger partial charge in [0.1, 0.15) is 12.1 Å². The summed E-state index contributed by atoms with van der Waals surface area (Å²) < 4.78 is 0. The van der Waals surface area contributed by atoms with Crippen LogP contribution >= 0.6 is 0 Å². The quantitative estimate of drug-likeness (QED) is 0.843. The summed E-state index contributed by atoms with van der Waals surface area (Å²) in [5, 5.41) is 2.88. The zero-order valence-corrected chi connectivity index (χ0v) is 13.3. The highest BCUT2D eigenvalue weighted by molar-refractivity contribution is 5.97. The van der Waals surface area contributed by atoms with E-state index in [0.717, 1.165) is 25.2 Å². The molecule has 5 unspecified atom stereocenters. The van der Waals surface area contributed by atoms with Gasteiger partial charge in [-0.3, -0.25) is 9.59 Å². The highest BCUT2D eigenvalue weighted by atomic mass is 16.2. The Bertz CT molecular complexity index is 394. The third-order valence-electron chi connectivity index (χ3n) is 5.03. The van der Waals surface area contributed by atoms with Crippen molar-refractivity contribution < 1.29 is 9.59 Å². The van der Waals surface area contributed by atoms with Crippen LogP contribution in [0.1, 0.15) is 53.9 Å². The molecule has 0 spiro atoms. The van der Waals surface area contributed by atoms with E-state index < -0.39 is 0 Å². The lowest BCUT2D eigenvalue weighted by atomic mass is 9.78. The molecule has 1 aliphatic carbocycles. The number of piperazine rings is 1. The van der Waals surface area contributed by atoms with Crippen molar-refractivity contribution >= 4 is 11.8 Å². The number of amides is 2. The van der Waals surface area contributed by atoms with Crippen LogP contribution in [0.25, 0.3) is 0 Å². The second-order valence-corrected chi connectivity index (χ2v) is 7.11. The lowest BCUT2D eigenvalue weighted by molar-refractivity contribution is -0.155. The summed E-state index contributed by atoms with van der Waals surface area (Å²) in [4.78, 5) is 26.8. The van der Waals surface area contributed by atoms with Crippen molar-refractivity contribution in [2.75, 3.05) is 0 Å². The molecule has 1 N–H and O–H groups in total. The van der Waals surface area contributed by atoms with Crippen LogP contribution in [0, 0.1) is 17.8 Å². The molecule has 0 bridgehead atoms. The van der Waals surface area contributed by atoms with Gasteiger partial charge >= 0.3 is 0 Å². The normalized spacial score (nSPS) is 39.1. The Hall–Kier alpha value is -1.06. The Labute approximate surface area is 122 Å². The molecular weight excluding hydrogens is 252 g/mol. The molecule has 1 aliphatic heterocycles. The smallest absolute Gasteiger partial charge is 0.246 e. The van der Waals surface area contributed by atoms with Gasteiger partial charge in [-0.25, -0.2) is 0 Å². The molecule has 1 heterocycles. The largest absolute Gasteiger partial charge is 0.342 e. The minimum atomic E-state index is -0.356. The van der Waals surface area contributed by atoms with Crippen molar-refractivity contribution in [3.8, 4) is 0 Å². The number of nitrogens with zero attached hydrogens (tertiary/aromatic N) is 1. The molecule has 2 fully saturated rings. The molecule has 114 valence electrons. The summed E-state index contributed by atoms with van der Waals surface area (Å²) >= 11 is 0. The first-order valence-corrected chi connectivity index (χ1v) is 7.95. The first-order valence-electron chi connectivity index (χ1n) is 7.95. The van der Waals surface area contributed by atoms with Gasteiger partial charge in [-0.1, -0.05) is 27.7 Å². The summed E-state index contributed by atoms with van der Waals surface area (Å²) in [5.41, 5.74) is 0. The predicted octanol–water partition coefficient (Wildman–Crippen LogP) is 2.18. The molecule has 0 aromatic carbocycles. The molecule has 2 rings (SSSR count). The van der Waals surface area contributed by atoms with Gasteiger partial charge in [-0.05, 0) is 43.9 Å². The lowest BCUT2D eigenvalue weighted by Gasteiger charge is -2.47. The number of hydrogen-bond donors (Lipinski definition) is 1. The molecule has 4 nitrogen and oxygen atoms in total. The Morgan fingerprint density at radius 3 is 2.35 bits per heavy atom. The number of rotatable bonds is 2. The van der Waals surface area contributed by atoms with Crippen LogP contribution in [-0.2, 0) is 9.59 Å². The first kappa shape index (κ1) is 15.3. The molecule has 5 atom stereocenters. The van der Waals surface area contributed by atoms with Crippen molar-refractivity contribution in [2.24, 2.45) is 17.8 Å². The molecule has 4 heteroatoms. The van der Waals surface area contributed by atoms with Gasteiger partial charge in [0.2, 0.25) is 11.8 Å². The van der Waals surface area contributed by atoms with Crippen LogP contribution in [0.5, 0.6) is 0 Å². The number of hydrogen-bond acceptors (Lipinski definition) is 2. The standard InChI is InChI=1S/C16H28N2O2/c1-9(2)14-16(20)18(12(5)15(19)17-14)13-7-6-10(3)8-11(13)4/h9-14H,6-8H2,1-5H3,(H,17,19). The molecule has 20 heavy (non-hydrogen) atoms. The molecule has 1 saturated carbocycles. The molecule has 2 aliphatic rings. The SMILES string of the molecule is CC1CCC(N2C(=O)C(C(C)C)NC(=O)C2C)C(C)C1. The molecule has 0 radical (unpaired) electrons. The monoisotopic (exact) mass is 280 g/mol. The van der Waals surface area contributed by atoms with Crippen molar-refractivity contribution in [2.45, 2.75) is 72.0 Å². The minimum Gasteiger partial charge on any atom is -0.342 e. The average Bonchev–Trinajstić information content (AvgIpc) is 2.36. The Morgan fingerprint density at radius 1 is 1.15 bits per heavy atom. The van der Waals surface area contributed by atoms with Crippen LogP contribution < -0.4 is 5.32 Å². The number of carbonyl (C=O) groups is 2. The van der Waals surface area contributed by atoms with Crippen molar-refractivity contribution in [3.63, 3.8) is 0 Å². The fourth-order valence-electron chi connectivity index (χ4n) is 3.78. The molecule has 2 amide bonds. The Balaban J connectivity index is 2.22. The van der Waals surface area contributed by atoms with Gasteiger partial charge in [0.05, 0.1) is 0 Å². The Kier molecular flexibility index (Phi) is 4.40. The van der Waals surface area contributed by atoms with E-state index in [2.05, 4.69) is 19.2 Å². The highest BCUT2D eigenvalue weighted by Crippen LogP contribution is 2.34. The molecule has 0 aromatic heterocycles. The maximum atomic E-state index is 12.8. The van der Waals surface area contributed by atoms with E-state index >= 15 is 0 Å². The van der Waals surface area contributed by atoms with E-state index in [9.17, 15) is 9.59 Å².